The molecule has 152 valence electrons. The minimum atomic E-state index is -0.222. The maximum atomic E-state index is 12.6. The molecular weight excluding hydrogens is 380 g/mol. The van der Waals surface area contributed by atoms with Crippen molar-refractivity contribution in [2.45, 2.75) is 20.4 Å². The van der Waals surface area contributed by atoms with Gasteiger partial charge in [-0.3, -0.25) is 9.48 Å². The average molecular weight is 402 g/mol. The van der Waals surface area contributed by atoms with Crippen LogP contribution in [0, 0.1) is 6.92 Å². The van der Waals surface area contributed by atoms with Crippen LogP contribution in [0.4, 0.5) is 5.69 Å². The fourth-order valence-corrected chi connectivity index (χ4v) is 3.08. The fraction of sp³-hybridized carbons (Fsp3) is 0.174. The number of nitrogens with zero attached hydrogens (tertiary/aromatic N) is 3. The van der Waals surface area contributed by atoms with E-state index in [1.165, 1.54) is 0 Å². The molecule has 0 atom stereocenters. The van der Waals surface area contributed by atoms with E-state index in [-0.39, 0.29) is 5.91 Å². The van der Waals surface area contributed by atoms with Crippen molar-refractivity contribution >= 4 is 11.6 Å². The van der Waals surface area contributed by atoms with Crippen LogP contribution in [0.5, 0.6) is 5.75 Å². The monoisotopic (exact) mass is 402 g/mol. The number of carbonyl (C=O) groups is 1. The van der Waals surface area contributed by atoms with E-state index < -0.39 is 0 Å². The lowest BCUT2D eigenvalue weighted by Gasteiger charge is -2.10. The van der Waals surface area contributed by atoms with Gasteiger partial charge < -0.3 is 14.5 Å². The highest BCUT2D eigenvalue weighted by Crippen LogP contribution is 2.25. The van der Waals surface area contributed by atoms with E-state index in [0.29, 0.717) is 36.0 Å². The Morgan fingerprint density at radius 3 is 2.67 bits per heavy atom. The van der Waals surface area contributed by atoms with Gasteiger partial charge in [0.15, 0.2) is 0 Å². The fourth-order valence-electron chi connectivity index (χ4n) is 3.08. The number of para-hydroxylation sites is 1. The number of carbonyl (C=O) groups excluding carboxylic acids is 1. The van der Waals surface area contributed by atoms with Gasteiger partial charge in [0.1, 0.15) is 17.2 Å². The molecule has 7 nitrogen and oxygen atoms in total. The van der Waals surface area contributed by atoms with Crippen molar-refractivity contribution in [2.75, 3.05) is 11.9 Å². The molecule has 30 heavy (non-hydrogen) atoms. The number of hydrogen-bond donors (Lipinski definition) is 1. The van der Waals surface area contributed by atoms with Gasteiger partial charge in [-0.05, 0) is 56.3 Å². The third-order valence-electron chi connectivity index (χ3n) is 4.58. The summed E-state index contributed by atoms with van der Waals surface area (Å²) in [5.74, 6) is 1.63. The van der Waals surface area contributed by atoms with Crippen LogP contribution in [0.25, 0.3) is 11.5 Å². The Hall–Kier alpha value is -3.87. The molecule has 0 aliphatic rings. The minimum Gasteiger partial charge on any atom is -0.493 e. The SMILES string of the molecule is CCOc1ccccc1C(=O)Nc1ccc(-c2nc(Cn3cccn3)c(C)o2)cc1. The van der Waals surface area contributed by atoms with E-state index in [0.717, 1.165) is 17.0 Å². The molecule has 0 aliphatic carbocycles. The Labute approximate surface area is 174 Å². The summed E-state index contributed by atoms with van der Waals surface area (Å²) in [6.07, 6.45) is 3.62. The van der Waals surface area contributed by atoms with Crippen molar-refractivity contribution < 1.29 is 13.9 Å². The summed E-state index contributed by atoms with van der Waals surface area (Å²) < 4.78 is 13.2. The van der Waals surface area contributed by atoms with Gasteiger partial charge in [0.25, 0.3) is 5.91 Å². The van der Waals surface area contributed by atoms with Gasteiger partial charge in [0.05, 0.1) is 18.7 Å². The van der Waals surface area contributed by atoms with Crippen LogP contribution in [0.3, 0.4) is 0 Å². The summed E-state index contributed by atoms with van der Waals surface area (Å²) in [7, 11) is 0. The van der Waals surface area contributed by atoms with Crippen molar-refractivity contribution in [2.24, 2.45) is 0 Å². The van der Waals surface area contributed by atoms with Crippen LogP contribution in [0.15, 0.2) is 71.4 Å². The molecule has 1 amide bonds. The van der Waals surface area contributed by atoms with Crippen LogP contribution in [0.2, 0.25) is 0 Å². The van der Waals surface area contributed by atoms with Gasteiger partial charge in [-0.2, -0.15) is 5.10 Å². The quantitative estimate of drug-likeness (QED) is 0.491. The van der Waals surface area contributed by atoms with Crippen LogP contribution in [-0.4, -0.2) is 27.3 Å². The van der Waals surface area contributed by atoms with Gasteiger partial charge >= 0.3 is 0 Å². The molecule has 4 aromatic rings. The van der Waals surface area contributed by atoms with Crippen molar-refractivity contribution in [3.63, 3.8) is 0 Å². The molecule has 0 radical (unpaired) electrons. The van der Waals surface area contributed by atoms with Gasteiger partial charge in [-0.25, -0.2) is 4.98 Å². The second kappa shape index (κ2) is 8.65. The van der Waals surface area contributed by atoms with E-state index in [1.807, 2.05) is 62.5 Å². The maximum Gasteiger partial charge on any atom is 0.259 e. The lowest BCUT2D eigenvalue weighted by atomic mass is 10.1. The number of anilines is 1. The van der Waals surface area contributed by atoms with Crippen LogP contribution < -0.4 is 10.1 Å². The normalized spacial score (nSPS) is 10.7. The van der Waals surface area contributed by atoms with Gasteiger partial charge in [0, 0.05) is 23.6 Å². The Morgan fingerprint density at radius 2 is 1.93 bits per heavy atom. The third kappa shape index (κ3) is 4.25. The summed E-state index contributed by atoms with van der Waals surface area (Å²) in [6.45, 7) is 4.82. The average Bonchev–Trinajstić information content (AvgIpc) is 3.39. The molecule has 0 saturated carbocycles. The van der Waals surface area contributed by atoms with E-state index in [2.05, 4.69) is 15.4 Å². The number of rotatable bonds is 7. The highest BCUT2D eigenvalue weighted by atomic mass is 16.5. The predicted octanol–water partition coefficient (Wildman–Crippen LogP) is 4.55. The molecule has 2 heterocycles. The molecule has 0 bridgehead atoms. The summed E-state index contributed by atoms with van der Waals surface area (Å²) in [4.78, 5) is 17.2. The molecule has 0 fully saturated rings. The molecule has 0 aliphatic heterocycles. The molecule has 2 aromatic heterocycles. The zero-order valence-electron chi connectivity index (χ0n) is 16.8. The third-order valence-corrected chi connectivity index (χ3v) is 4.58. The Bertz CT molecular complexity index is 1130. The van der Waals surface area contributed by atoms with Crippen LogP contribution in [-0.2, 0) is 6.54 Å². The van der Waals surface area contributed by atoms with E-state index in [4.69, 9.17) is 9.15 Å². The van der Waals surface area contributed by atoms with E-state index in [1.54, 1.807) is 23.0 Å². The first-order valence-electron chi connectivity index (χ1n) is 9.71. The molecular formula is C23H22N4O3. The summed E-state index contributed by atoms with van der Waals surface area (Å²) in [5, 5.41) is 7.10. The first-order valence-corrected chi connectivity index (χ1v) is 9.71. The highest BCUT2D eigenvalue weighted by molar-refractivity contribution is 6.06. The zero-order valence-corrected chi connectivity index (χ0v) is 16.8. The molecule has 7 heteroatoms. The maximum absolute atomic E-state index is 12.6. The Kier molecular flexibility index (Phi) is 5.61. The number of ether oxygens (including phenoxy) is 1. The molecule has 0 spiro atoms. The second-order valence-electron chi connectivity index (χ2n) is 6.69. The second-order valence-corrected chi connectivity index (χ2v) is 6.69. The number of benzene rings is 2. The minimum absolute atomic E-state index is 0.222. The van der Waals surface area contributed by atoms with Crippen molar-refractivity contribution in [3.8, 4) is 17.2 Å². The summed E-state index contributed by atoms with van der Waals surface area (Å²) >= 11 is 0. The number of nitrogens with one attached hydrogen (secondary N) is 1. The molecule has 1 N–H and O–H groups in total. The van der Waals surface area contributed by atoms with Crippen molar-refractivity contribution in [1.29, 1.82) is 0 Å². The number of hydrogen-bond acceptors (Lipinski definition) is 5. The van der Waals surface area contributed by atoms with Crippen molar-refractivity contribution in [3.05, 3.63) is 84.0 Å². The standard InChI is InChI=1S/C23H22N4O3/c1-3-29-21-8-5-4-7-19(21)22(28)25-18-11-9-17(10-12-18)23-26-20(16(2)30-23)15-27-14-6-13-24-27/h4-14H,3,15H2,1-2H3,(H,25,28). The lowest BCUT2D eigenvalue weighted by Crippen LogP contribution is -2.13. The number of amides is 1. The largest absolute Gasteiger partial charge is 0.493 e. The van der Waals surface area contributed by atoms with E-state index in [9.17, 15) is 4.79 Å². The summed E-state index contributed by atoms with van der Waals surface area (Å²) in [6, 6.07) is 16.4. The van der Waals surface area contributed by atoms with E-state index >= 15 is 0 Å². The van der Waals surface area contributed by atoms with Crippen molar-refractivity contribution in [1.82, 2.24) is 14.8 Å². The number of aromatic nitrogens is 3. The highest BCUT2D eigenvalue weighted by Gasteiger charge is 2.14. The number of oxazole rings is 1. The molecule has 0 unspecified atom stereocenters. The molecule has 4 rings (SSSR count). The predicted molar refractivity (Wildman–Crippen MR) is 114 cm³/mol. The first-order chi connectivity index (χ1) is 14.6. The van der Waals surface area contributed by atoms with Gasteiger partial charge in [0.2, 0.25) is 5.89 Å². The van der Waals surface area contributed by atoms with Crippen LogP contribution in [0.1, 0.15) is 28.7 Å². The lowest BCUT2D eigenvalue weighted by molar-refractivity contribution is 0.102. The molecule has 0 saturated heterocycles. The zero-order chi connectivity index (χ0) is 20.9. The van der Waals surface area contributed by atoms with Gasteiger partial charge in [-0.15, -0.1) is 0 Å². The Morgan fingerprint density at radius 1 is 1.13 bits per heavy atom. The summed E-state index contributed by atoms with van der Waals surface area (Å²) in [5.41, 5.74) is 2.83. The topological polar surface area (TPSA) is 82.2 Å². The smallest absolute Gasteiger partial charge is 0.259 e. The first kappa shape index (κ1) is 19.4. The number of aryl methyl sites for hydroxylation is 1. The van der Waals surface area contributed by atoms with Gasteiger partial charge in [-0.1, -0.05) is 12.1 Å². The molecule has 2 aromatic carbocycles. The van der Waals surface area contributed by atoms with Crippen LogP contribution >= 0.6 is 0 Å². The Balaban J connectivity index is 1.48.